The molecule has 54 heavy (non-hydrogen) atoms. The van der Waals surface area contributed by atoms with Gasteiger partial charge in [-0.25, -0.2) is 4.79 Å². The minimum Gasteiger partial charge on any atom is -0.504 e. The average molecular weight is 727 g/mol. The molecule has 268 valence electrons. The van der Waals surface area contributed by atoms with E-state index in [0.29, 0.717) is 67.7 Å². The maximum Gasteiger partial charge on any atom is 0.338 e. The molecule has 14 nitrogen and oxygen atoms in total. The molecule has 1 aromatic heterocycles. The van der Waals surface area contributed by atoms with Gasteiger partial charge >= 0.3 is 5.97 Å². The van der Waals surface area contributed by atoms with E-state index in [2.05, 4.69) is 10.2 Å². The number of phenols is 1. The first-order valence-corrected chi connectivity index (χ1v) is 16.7. The van der Waals surface area contributed by atoms with E-state index in [1.165, 1.54) is 7.11 Å². The molecule has 7 aromatic rings. The van der Waals surface area contributed by atoms with Gasteiger partial charge in [0.15, 0.2) is 46.0 Å². The molecule has 3 N–H and O–H groups in total. The molecule has 0 atom stereocenters. The Morgan fingerprint density at radius 3 is 1.94 bits per heavy atom. The van der Waals surface area contributed by atoms with Gasteiger partial charge in [0.25, 0.3) is 11.1 Å². The highest BCUT2D eigenvalue weighted by Gasteiger charge is 2.31. The zero-order valence-electron chi connectivity index (χ0n) is 28.2. The van der Waals surface area contributed by atoms with Crippen molar-refractivity contribution < 1.29 is 47.8 Å². The minimum absolute atomic E-state index is 0.0192. The van der Waals surface area contributed by atoms with E-state index in [1.54, 1.807) is 36.4 Å². The van der Waals surface area contributed by atoms with Crippen LogP contribution >= 0.6 is 0 Å². The predicted octanol–water partition coefficient (Wildman–Crippen LogP) is 6.11. The largest absolute Gasteiger partial charge is 0.504 e. The summed E-state index contributed by atoms with van der Waals surface area (Å²) in [6, 6.07) is 21.4. The molecule has 14 heteroatoms. The molecule has 0 saturated carbocycles. The number of H-pyrrole nitrogens is 2. The Labute approximate surface area is 302 Å². The molecule has 0 aliphatic carbocycles. The maximum atomic E-state index is 12.7. The summed E-state index contributed by atoms with van der Waals surface area (Å²) in [6.45, 7) is 0.561. The van der Waals surface area contributed by atoms with Crippen molar-refractivity contribution >= 4 is 38.3 Å². The van der Waals surface area contributed by atoms with Crippen LogP contribution in [-0.4, -0.2) is 48.8 Å². The van der Waals surface area contributed by atoms with Crippen molar-refractivity contribution in [2.24, 2.45) is 0 Å². The molecule has 5 heterocycles. The third-order valence-corrected chi connectivity index (χ3v) is 9.85. The van der Waals surface area contributed by atoms with Crippen molar-refractivity contribution in [3.63, 3.8) is 0 Å². The van der Waals surface area contributed by atoms with Crippen LogP contribution < -0.4 is 44.3 Å². The highest BCUT2D eigenvalue weighted by atomic mass is 16.7. The first-order chi connectivity index (χ1) is 26.4. The Morgan fingerprint density at radius 2 is 1.20 bits per heavy atom. The number of esters is 1. The van der Waals surface area contributed by atoms with E-state index >= 15 is 0 Å². The van der Waals surface area contributed by atoms with Gasteiger partial charge in [-0.2, -0.15) is 0 Å². The van der Waals surface area contributed by atoms with Gasteiger partial charge in [-0.05, 0) is 70.4 Å². The van der Waals surface area contributed by atoms with Crippen molar-refractivity contribution in [1.82, 2.24) is 10.2 Å². The van der Waals surface area contributed by atoms with E-state index < -0.39 is 5.56 Å². The zero-order valence-corrected chi connectivity index (χ0v) is 28.2. The predicted molar refractivity (Wildman–Crippen MR) is 193 cm³/mol. The highest BCUT2D eigenvalue weighted by Crippen LogP contribution is 2.49. The van der Waals surface area contributed by atoms with Gasteiger partial charge < -0.3 is 43.0 Å². The minimum atomic E-state index is -0.402. The van der Waals surface area contributed by atoms with Gasteiger partial charge in [0.1, 0.15) is 6.61 Å². The summed E-state index contributed by atoms with van der Waals surface area (Å²) in [7, 11) is 1.49. The van der Waals surface area contributed by atoms with Gasteiger partial charge in [-0.3, -0.25) is 19.8 Å². The van der Waals surface area contributed by atoms with E-state index in [4.69, 9.17) is 37.9 Å². The number of benzene rings is 6. The van der Waals surface area contributed by atoms with Crippen molar-refractivity contribution in [2.75, 3.05) is 27.5 Å². The SMILES string of the molecule is COc1ccc(-c2c3c(cc4ccc5c(c24)OCO5)C(=O)OC3)cc1O.O=c1[nH][nH]c(=O)c2c(-c3ccc4c(c3)OCO4)c3c4c(ccc3cc12)OCO4. The number of aromatic hydroxyl groups is 1. The number of hydrogen-bond acceptors (Lipinski definition) is 12. The van der Waals surface area contributed by atoms with Crippen LogP contribution in [0.5, 0.6) is 46.0 Å². The number of fused-ring (bicyclic) bond motifs is 9. The van der Waals surface area contributed by atoms with Crippen LogP contribution in [0.1, 0.15) is 15.9 Å². The van der Waals surface area contributed by atoms with Crippen LogP contribution in [0.4, 0.5) is 0 Å². The normalized spacial score (nSPS) is 14.3. The number of hydrogen-bond donors (Lipinski definition) is 3. The van der Waals surface area contributed by atoms with E-state index in [-0.39, 0.29) is 49.7 Å². The number of ether oxygens (including phenoxy) is 8. The Hall–Kier alpha value is -7.35. The third kappa shape index (κ3) is 4.69. The van der Waals surface area contributed by atoms with Crippen molar-refractivity contribution in [3.05, 3.63) is 105 Å². The number of phenolic OH excluding ortho intramolecular Hbond substituents is 1. The van der Waals surface area contributed by atoms with Crippen molar-refractivity contribution in [1.29, 1.82) is 0 Å². The number of methoxy groups -OCH3 is 1. The molecule has 4 aliphatic rings. The zero-order chi connectivity index (χ0) is 36.7. The Morgan fingerprint density at radius 1 is 0.593 bits per heavy atom. The lowest BCUT2D eigenvalue weighted by Crippen LogP contribution is -2.19. The maximum absolute atomic E-state index is 12.7. The molecule has 0 radical (unpaired) electrons. The summed E-state index contributed by atoms with van der Waals surface area (Å²) in [6.07, 6.45) is 0. The van der Waals surface area contributed by atoms with E-state index in [9.17, 15) is 19.5 Å². The van der Waals surface area contributed by atoms with Crippen LogP contribution in [-0.2, 0) is 11.3 Å². The summed E-state index contributed by atoms with van der Waals surface area (Å²) in [5, 5.41) is 18.8. The number of cyclic esters (lactones) is 1. The summed E-state index contributed by atoms with van der Waals surface area (Å²) in [5.74, 6) is 3.68. The molecular weight excluding hydrogens is 700 g/mol. The summed E-state index contributed by atoms with van der Waals surface area (Å²) in [4.78, 5) is 37.3. The molecular formula is C40H26N2O12. The molecule has 6 aromatic carbocycles. The Kier molecular flexibility index (Phi) is 6.89. The first kappa shape index (κ1) is 31.4. The second-order valence-corrected chi connectivity index (χ2v) is 12.7. The Bertz CT molecular complexity index is 2900. The molecule has 0 bridgehead atoms. The number of aromatic amines is 2. The van der Waals surface area contributed by atoms with Crippen LogP contribution in [0.25, 0.3) is 54.6 Å². The molecule has 4 aliphatic heterocycles. The molecule has 0 spiro atoms. The molecule has 0 fully saturated rings. The fourth-order valence-electron chi connectivity index (χ4n) is 7.46. The van der Waals surface area contributed by atoms with E-state index in [0.717, 1.165) is 32.8 Å². The summed E-state index contributed by atoms with van der Waals surface area (Å²) in [5.41, 5.74) is 3.35. The van der Waals surface area contributed by atoms with Gasteiger partial charge in [-0.15, -0.1) is 0 Å². The standard InChI is InChI=1S/C20H12N2O6.C20H14O6/c23-19-11-5-9-2-4-13-18(28-8-26-13)16(9)15(17(11)20(24)22-21-19)10-1-3-12-14(6-10)27-7-25-12;1-23-15-4-2-11(7-14(15)21)17-13-8-24-20(22)12(13)6-10-3-5-16-19(18(10)17)26-9-25-16/h1-6H,7-8H2,(H,21,23)(H,22,24);2-7,21H,8-9H2,1H3. The quantitative estimate of drug-likeness (QED) is 0.141. The number of carbonyl (C=O) groups excluding carboxylic acids is 1. The lowest BCUT2D eigenvalue weighted by Gasteiger charge is -2.14. The van der Waals surface area contributed by atoms with Gasteiger partial charge in [0.2, 0.25) is 20.4 Å². The van der Waals surface area contributed by atoms with Gasteiger partial charge in [0, 0.05) is 27.5 Å². The van der Waals surface area contributed by atoms with E-state index in [1.807, 2.05) is 36.4 Å². The van der Waals surface area contributed by atoms with Crippen LogP contribution in [0, 0.1) is 0 Å². The number of carbonyl (C=O) groups is 1. The molecule has 0 saturated heterocycles. The molecule has 0 unspecified atom stereocenters. The Balaban J connectivity index is 0.000000134. The second kappa shape index (κ2) is 11.8. The lowest BCUT2D eigenvalue weighted by molar-refractivity contribution is 0.0535. The van der Waals surface area contributed by atoms with Crippen LogP contribution in [0.15, 0.2) is 82.4 Å². The monoisotopic (exact) mass is 726 g/mol. The number of aromatic nitrogens is 2. The van der Waals surface area contributed by atoms with Crippen LogP contribution in [0.3, 0.4) is 0 Å². The fraction of sp³-hybridized carbons (Fsp3) is 0.125. The molecule has 0 amide bonds. The second-order valence-electron chi connectivity index (χ2n) is 12.7. The van der Waals surface area contributed by atoms with Crippen LogP contribution in [0.2, 0.25) is 0 Å². The van der Waals surface area contributed by atoms with Crippen molar-refractivity contribution in [2.45, 2.75) is 6.61 Å². The first-order valence-electron chi connectivity index (χ1n) is 16.7. The fourth-order valence-corrected chi connectivity index (χ4v) is 7.46. The third-order valence-electron chi connectivity index (χ3n) is 9.85. The van der Waals surface area contributed by atoms with Gasteiger partial charge in [-0.1, -0.05) is 24.3 Å². The average Bonchev–Trinajstić information content (AvgIpc) is 4.02. The smallest absolute Gasteiger partial charge is 0.338 e. The number of nitrogens with one attached hydrogen (secondary N) is 2. The van der Waals surface area contributed by atoms with Crippen molar-refractivity contribution in [3.8, 4) is 68.2 Å². The van der Waals surface area contributed by atoms with Gasteiger partial charge in [0.05, 0.1) is 23.4 Å². The number of rotatable bonds is 3. The lowest BCUT2D eigenvalue weighted by atomic mass is 9.90. The molecule has 11 rings (SSSR count). The summed E-state index contributed by atoms with van der Waals surface area (Å²) >= 11 is 0. The topological polar surface area (TPSA) is 177 Å². The highest BCUT2D eigenvalue weighted by molar-refractivity contribution is 6.15. The summed E-state index contributed by atoms with van der Waals surface area (Å²) < 4.78 is 43.7.